The van der Waals surface area contributed by atoms with Crippen molar-refractivity contribution in [1.82, 2.24) is 15.1 Å². The number of carbonyl (C=O) groups is 4. The number of likely N-dealkylation sites (tertiary alicyclic amines) is 1. The second-order valence-corrected chi connectivity index (χ2v) is 8.98. The number of nitrogens with zero attached hydrogens (tertiary/aromatic N) is 2. The number of hydrogen-bond acceptors (Lipinski definition) is 4. The van der Waals surface area contributed by atoms with E-state index in [1.807, 2.05) is 0 Å². The van der Waals surface area contributed by atoms with E-state index in [0.29, 0.717) is 37.1 Å². The highest BCUT2D eigenvalue weighted by Crippen LogP contribution is 2.35. The lowest BCUT2D eigenvalue weighted by molar-refractivity contribution is -0.136. The van der Waals surface area contributed by atoms with Gasteiger partial charge in [-0.15, -0.1) is 0 Å². The van der Waals surface area contributed by atoms with Crippen LogP contribution in [0.15, 0.2) is 36.4 Å². The van der Waals surface area contributed by atoms with Crippen molar-refractivity contribution < 1.29 is 28.0 Å². The molecule has 176 valence electrons. The number of fused-ring (bicyclic) bond motifs is 1. The molecule has 9 heteroatoms. The van der Waals surface area contributed by atoms with Gasteiger partial charge in [-0.2, -0.15) is 0 Å². The van der Waals surface area contributed by atoms with Crippen LogP contribution in [0, 0.1) is 11.6 Å². The normalized spacial score (nSPS) is 21.0. The van der Waals surface area contributed by atoms with Gasteiger partial charge < -0.3 is 9.80 Å². The van der Waals surface area contributed by atoms with Gasteiger partial charge in [0.2, 0.25) is 11.8 Å². The standard InChI is InChI=1S/C25H23F2N3O4/c26-19-4-2-1-3-16(19)24(33)29-9-7-14(8-10-29)17-11-15-13-30(25(34)18(15)12-20(17)27)21-5-6-22(31)28-23(21)32/h1-4,11-12,14,21H,5-10,13H2,(H,28,31,32). The Morgan fingerprint density at radius 2 is 1.71 bits per heavy atom. The maximum absolute atomic E-state index is 15.0. The summed E-state index contributed by atoms with van der Waals surface area (Å²) in [6.07, 6.45) is 1.43. The number of benzene rings is 2. The van der Waals surface area contributed by atoms with E-state index in [9.17, 15) is 23.6 Å². The molecule has 0 aromatic heterocycles. The summed E-state index contributed by atoms with van der Waals surface area (Å²) >= 11 is 0. The third-order valence-corrected chi connectivity index (χ3v) is 6.97. The summed E-state index contributed by atoms with van der Waals surface area (Å²) in [4.78, 5) is 52.2. The van der Waals surface area contributed by atoms with Crippen LogP contribution in [-0.4, -0.2) is 52.6 Å². The van der Waals surface area contributed by atoms with Crippen LogP contribution in [0.5, 0.6) is 0 Å². The monoisotopic (exact) mass is 467 g/mol. The van der Waals surface area contributed by atoms with Crippen LogP contribution in [0.3, 0.4) is 0 Å². The van der Waals surface area contributed by atoms with Crippen molar-refractivity contribution in [1.29, 1.82) is 0 Å². The van der Waals surface area contributed by atoms with Gasteiger partial charge in [0.25, 0.3) is 11.8 Å². The summed E-state index contributed by atoms with van der Waals surface area (Å²) < 4.78 is 29.0. The molecule has 0 radical (unpaired) electrons. The Morgan fingerprint density at radius 3 is 2.41 bits per heavy atom. The first-order valence-corrected chi connectivity index (χ1v) is 11.3. The fraction of sp³-hybridized carbons (Fsp3) is 0.360. The van der Waals surface area contributed by atoms with Gasteiger partial charge in [-0.05, 0) is 54.5 Å². The van der Waals surface area contributed by atoms with Crippen LogP contribution in [0.2, 0.25) is 0 Å². The minimum atomic E-state index is -0.753. The number of amides is 4. The fourth-order valence-corrected chi connectivity index (χ4v) is 5.12. The number of hydrogen-bond donors (Lipinski definition) is 1. The smallest absolute Gasteiger partial charge is 0.256 e. The Labute approximate surface area is 194 Å². The highest BCUT2D eigenvalue weighted by atomic mass is 19.1. The number of imide groups is 1. The quantitative estimate of drug-likeness (QED) is 0.704. The van der Waals surface area contributed by atoms with E-state index in [1.54, 1.807) is 17.0 Å². The molecule has 4 amide bonds. The summed E-state index contributed by atoms with van der Waals surface area (Å²) in [5, 5.41) is 2.26. The third kappa shape index (κ3) is 3.85. The predicted octanol–water partition coefficient (Wildman–Crippen LogP) is 2.75. The van der Waals surface area contributed by atoms with Crippen LogP contribution < -0.4 is 5.32 Å². The van der Waals surface area contributed by atoms with E-state index in [1.165, 1.54) is 29.2 Å². The molecule has 7 nitrogen and oxygen atoms in total. The number of halogens is 2. The molecule has 2 saturated heterocycles. The van der Waals surface area contributed by atoms with Crippen molar-refractivity contribution in [2.75, 3.05) is 13.1 Å². The Kier molecular flexibility index (Phi) is 5.63. The molecule has 0 saturated carbocycles. The topological polar surface area (TPSA) is 86.8 Å². The van der Waals surface area contributed by atoms with Crippen molar-refractivity contribution in [3.63, 3.8) is 0 Å². The number of nitrogens with one attached hydrogen (secondary N) is 1. The average molecular weight is 467 g/mol. The molecule has 34 heavy (non-hydrogen) atoms. The minimum Gasteiger partial charge on any atom is -0.339 e. The summed E-state index contributed by atoms with van der Waals surface area (Å²) in [7, 11) is 0. The highest BCUT2D eigenvalue weighted by Gasteiger charge is 2.40. The van der Waals surface area contributed by atoms with Gasteiger partial charge in [0, 0.05) is 31.6 Å². The largest absolute Gasteiger partial charge is 0.339 e. The summed E-state index contributed by atoms with van der Waals surface area (Å²) in [6.45, 7) is 0.920. The number of rotatable bonds is 3. The molecule has 3 aliphatic rings. The molecular weight excluding hydrogens is 444 g/mol. The van der Waals surface area contributed by atoms with Gasteiger partial charge in [-0.1, -0.05) is 18.2 Å². The van der Waals surface area contributed by atoms with Gasteiger partial charge in [0.05, 0.1) is 5.56 Å². The first-order chi connectivity index (χ1) is 16.3. The Bertz CT molecular complexity index is 1210. The van der Waals surface area contributed by atoms with Crippen molar-refractivity contribution in [3.8, 4) is 0 Å². The van der Waals surface area contributed by atoms with Gasteiger partial charge in [0.1, 0.15) is 17.7 Å². The first kappa shape index (κ1) is 22.2. The number of piperidine rings is 2. The van der Waals surface area contributed by atoms with Crippen molar-refractivity contribution in [3.05, 3.63) is 70.3 Å². The van der Waals surface area contributed by atoms with E-state index in [2.05, 4.69) is 5.32 Å². The maximum atomic E-state index is 15.0. The molecule has 0 bridgehead atoms. The molecule has 3 aliphatic heterocycles. The Morgan fingerprint density at radius 1 is 0.971 bits per heavy atom. The highest BCUT2D eigenvalue weighted by molar-refractivity contribution is 6.05. The maximum Gasteiger partial charge on any atom is 0.256 e. The molecule has 2 aromatic carbocycles. The molecule has 3 heterocycles. The van der Waals surface area contributed by atoms with Crippen molar-refractivity contribution in [2.24, 2.45) is 0 Å². The van der Waals surface area contributed by atoms with Crippen LogP contribution in [-0.2, 0) is 16.1 Å². The lowest BCUT2D eigenvalue weighted by Gasteiger charge is -2.32. The second kappa shape index (κ2) is 8.62. The van der Waals surface area contributed by atoms with Crippen LogP contribution in [0.4, 0.5) is 8.78 Å². The van der Waals surface area contributed by atoms with Crippen LogP contribution >= 0.6 is 0 Å². The van der Waals surface area contributed by atoms with E-state index in [0.717, 1.165) is 0 Å². The molecule has 0 spiro atoms. The zero-order valence-corrected chi connectivity index (χ0v) is 18.4. The van der Waals surface area contributed by atoms with Gasteiger partial charge in [-0.25, -0.2) is 8.78 Å². The van der Waals surface area contributed by atoms with E-state index < -0.39 is 29.5 Å². The lowest BCUT2D eigenvalue weighted by Crippen LogP contribution is -2.52. The molecule has 2 aromatic rings. The molecule has 5 rings (SSSR count). The van der Waals surface area contributed by atoms with Gasteiger partial charge >= 0.3 is 0 Å². The minimum absolute atomic E-state index is 0.0247. The van der Waals surface area contributed by atoms with Crippen LogP contribution in [0.1, 0.15) is 63.4 Å². The SMILES string of the molecule is O=C1CCC(N2Cc3cc(C4CCN(C(=O)c5ccccc5F)CC4)c(F)cc3C2=O)C(=O)N1. The van der Waals surface area contributed by atoms with E-state index >= 15 is 4.39 Å². The third-order valence-electron chi connectivity index (χ3n) is 6.97. The molecule has 1 N–H and O–H groups in total. The first-order valence-electron chi connectivity index (χ1n) is 11.3. The van der Waals surface area contributed by atoms with Crippen molar-refractivity contribution in [2.45, 2.75) is 44.2 Å². The lowest BCUT2D eigenvalue weighted by atomic mass is 9.87. The Hall–Kier alpha value is -3.62. The average Bonchev–Trinajstić information content (AvgIpc) is 3.14. The second-order valence-electron chi connectivity index (χ2n) is 8.98. The summed E-state index contributed by atoms with van der Waals surface area (Å²) in [6, 6.07) is 8.01. The number of carbonyl (C=O) groups excluding carboxylic acids is 4. The zero-order chi connectivity index (χ0) is 24.0. The van der Waals surface area contributed by atoms with E-state index in [4.69, 9.17) is 0 Å². The zero-order valence-electron chi connectivity index (χ0n) is 18.4. The van der Waals surface area contributed by atoms with Crippen molar-refractivity contribution >= 4 is 23.6 Å². The van der Waals surface area contributed by atoms with Gasteiger partial charge in [-0.3, -0.25) is 24.5 Å². The molecule has 0 aliphatic carbocycles. The van der Waals surface area contributed by atoms with Crippen LogP contribution in [0.25, 0.3) is 0 Å². The van der Waals surface area contributed by atoms with E-state index in [-0.39, 0.29) is 48.2 Å². The molecule has 2 fully saturated rings. The predicted molar refractivity (Wildman–Crippen MR) is 117 cm³/mol. The molecule has 1 atom stereocenters. The van der Waals surface area contributed by atoms with Gasteiger partial charge in [0.15, 0.2) is 0 Å². The fourth-order valence-electron chi connectivity index (χ4n) is 5.12. The summed E-state index contributed by atoms with van der Waals surface area (Å²) in [5.74, 6) is -2.87. The molecular formula is C25H23F2N3O4. The summed E-state index contributed by atoms with van der Waals surface area (Å²) in [5.41, 5.74) is 1.39. The molecule has 1 unspecified atom stereocenters. The Balaban J connectivity index is 1.30.